The molecule has 2 N–H and O–H groups in total. The van der Waals surface area contributed by atoms with E-state index in [1.807, 2.05) is 44.2 Å². The van der Waals surface area contributed by atoms with Gasteiger partial charge in [0.05, 0.1) is 6.26 Å². The molecule has 1 aliphatic rings. The third kappa shape index (κ3) is 3.90. The van der Waals surface area contributed by atoms with Gasteiger partial charge in [0.1, 0.15) is 5.54 Å². The van der Waals surface area contributed by atoms with Gasteiger partial charge in [-0.05, 0) is 51.0 Å². The highest BCUT2D eigenvalue weighted by atomic mass is 16.3. The second-order valence-corrected chi connectivity index (χ2v) is 6.97. The van der Waals surface area contributed by atoms with Gasteiger partial charge >= 0.3 is 0 Å². The van der Waals surface area contributed by atoms with Crippen LogP contribution < -0.4 is 10.6 Å². The topological polar surface area (TPSA) is 74.6 Å². The Morgan fingerprint density at radius 1 is 1.08 bits per heavy atom. The van der Waals surface area contributed by atoms with Gasteiger partial charge in [-0.2, -0.15) is 0 Å². The van der Waals surface area contributed by atoms with Crippen LogP contribution in [0.25, 0.3) is 0 Å². The molecule has 6 heteroatoms. The summed E-state index contributed by atoms with van der Waals surface area (Å²) < 4.78 is 5.21. The molecule has 0 atom stereocenters. The summed E-state index contributed by atoms with van der Waals surface area (Å²) in [5, 5.41) is 6.44. The van der Waals surface area contributed by atoms with Crippen LogP contribution in [0.3, 0.4) is 0 Å². The van der Waals surface area contributed by atoms with Crippen molar-refractivity contribution in [1.29, 1.82) is 0 Å². The number of likely N-dealkylation sites (tertiary alicyclic amines) is 1. The molecule has 1 saturated heterocycles. The van der Waals surface area contributed by atoms with Crippen LogP contribution in [0.5, 0.6) is 0 Å². The van der Waals surface area contributed by atoms with Crippen LogP contribution in [0.15, 0.2) is 53.1 Å². The molecule has 138 valence electrons. The predicted molar refractivity (Wildman–Crippen MR) is 99.9 cm³/mol. The summed E-state index contributed by atoms with van der Waals surface area (Å²) in [6.45, 7) is 4.88. The van der Waals surface area contributed by atoms with Crippen molar-refractivity contribution in [2.24, 2.45) is 0 Å². The number of furan rings is 1. The number of rotatable bonds is 5. The van der Waals surface area contributed by atoms with Crippen LogP contribution in [0.2, 0.25) is 0 Å². The summed E-state index contributed by atoms with van der Waals surface area (Å²) >= 11 is 0. The Bertz CT molecular complexity index is 733. The summed E-state index contributed by atoms with van der Waals surface area (Å²) in [6.07, 6.45) is 2.56. The molecule has 0 spiro atoms. The van der Waals surface area contributed by atoms with Crippen molar-refractivity contribution >= 4 is 17.5 Å². The number of carbonyl (C=O) groups is 2. The molecule has 1 aromatic carbocycles. The minimum atomic E-state index is -0.731. The number of para-hydroxylation sites is 1. The predicted octanol–water partition coefficient (Wildman–Crippen LogP) is 2.89. The maximum Gasteiger partial charge on any atom is 0.289 e. The Kier molecular flexibility index (Phi) is 5.30. The highest BCUT2D eigenvalue weighted by Crippen LogP contribution is 2.28. The molecule has 3 rings (SSSR count). The molecule has 1 aliphatic heterocycles. The number of piperidine rings is 1. The maximum absolute atomic E-state index is 12.9. The fourth-order valence-corrected chi connectivity index (χ4v) is 3.25. The smallest absolute Gasteiger partial charge is 0.289 e. The van der Waals surface area contributed by atoms with Gasteiger partial charge in [0, 0.05) is 24.8 Å². The number of amides is 2. The van der Waals surface area contributed by atoms with Gasteiger partial charge in [0.25, 0.3) is 5.91 Å². The van der Waals surface area contributed by atoms with E-state index >= 15 is 0 Å². The minimum absolute atomic E-state index is 0.0264. The van der Waals surface area contributed by atoms with E-state index in [1.165, 1.54) is 6.26 Å². The van der Waals surface area contributed by atoms with E-state index in [9.17, 15) is 9.59 Å². The van der Waals surface area contributed by atoms with E-state index in [4.69, 9.17) is 4.42 Å². The number of hydrogen-bond donors (Lipinski definition) is 2. The van der Waals surface area contributed by atoms with Crippen LogP contribution in [0.1, 0.15) is 37.2 Å². The van der Waals surface area contributed by atoms with E-state index in [2.05, 4.69) is 10.6 Å². The second kappa shape index (κ2) is 7.64. The number of nitrogens with zero attached hydrogens (tertiary/aromatic N) is 1. The standard InChI is InChI=1S/C20H25N3O3/c1-15(2)21-19(25)20(22-16-7-4-3-5-8-16)10-12-23(13-11-20)18(24)17-9-6-14-26-17/h3-9,14-15,22H,10-13H2,1-2H3,(H,21,25). The Morgan fingerprint density at radius 2 is 1.77 bits per heavy atom. The molecule has 0 unspecified atom stereocenters. The number of carbonyl (C=O) groups excluding carboxylic acids is 2. The molecule has 0 saturated carbocycles. The van der Waals surface area contributed by atoms with Crippen molar-refractivity contribution < 1.29 is 14.0 Å². The SMILES string of the molecule is CC(C)NC(=O)C1(Nc2ccccc2)CCN(C(=O)c2ccco2)CC1. The molecule has 1 aromatic heterocycles. The highest BCUT2D eigenvalue weighted by molar-refractivity contribution is 5.93. The molecule has 0 bridgehead atoms. The molecule has 1 fully saturated rings. The molecular weight excluding hydrogens is 330 g/mol. The summed E-state index contributed by atoms with van der Waals surface area (Å²) in [4.78, 5) is 27.2. The fourth-order valence-electron chi connectivity index (χ4n) is 3.25. The Labute approximate surface area is 153 Å². The van der Waals surface area contributed by atoms with Gasteiger partial charge in [0.2, 0.25) is 5.91 Å². The fraction of sp³-hybridized carbons (Fsp3) is 0.400. The summed E-state index contributed by atoms with van der Waals surface area (Å²) in [7, 11) is 0. The molecule has 26 heavy (non-hydrogen) atoms. The zero-order valence-electron chi connectivity index (χ0n) is 15.2. The summed E-state index contributed by atoms with van der Waals surface area (Å²) in [5.41, 5.74) is 0.170. The number of anilines is 1. The van der Waals surface area contributed by atoms with E-state index in [0.717, 1.165) is 5.69 Å². The van der Waals surface area contributed by atoms with Crippen molar-refractivity contribution in [3.05, 3.63) is 54.5 Å². The lowest BCUT2D eigenvalue weighted by Gasteiger charge is -2.41. The molecule has 6 nitrogen and oxygen atoms in total. The lowest BCUT2D eigenvalue weighted by molar-refractivity contribution is -0.127. The van der Waals surface area contributed by atoms with Gasteiger partial charge in [-0.1, -0.05) is 18.2 Å². The quantitative estimate of drug-likeness (QED) is 0.865. The first-order chi connectivity index (χ1) is 12.5. The van der Waals surface area contributed by atoms with Crippen molar-refractivity contribution in [1.82, 2.24) is 10.2 Å². The summed E-state index contributed by atoms with van der Waals surface area (Å²) in [6, 6.07) is 13.1. The Balaban J connectivity index is 1.75. The first-order valence-electron chi connectivity index (χ1n) is 8.97. The van der Waals surface area contributed by atoms with E-state index in [1.54, 1.807) is 17.0 Å². The van der Waals surface area contributed by atoms with Gasteiger partial charge in [-0.3, -0.25) is 9.59 Å². The van der Waals surface area contributed by atoms with Crippen LogP contribution in [-0.4, -0.2) is 41.4 Å². The lowest BCUT2D eigenvalue weighted by Crippen LogP contribution is -2.59. The van der Waals surface area contributed by atoms with Crippen molar-refractivity contribution in [3.8, 4) is 0 Å². The first-order valence-corrected chi connectivity index (χ1v) is 8.97. The van der Waals surface area contributed by atoms with Crippen LogP contribution >= 0.6 is 0 Å². The van der Waals surface area contributed by atoms with Gasteiger partial charge in [-0.25, -0.2) is 0 Å². The van der Waals surface area contributed by atoms with Gasteiger partial charge in [0.15, 0.2) is 5.76 Å². The highest BCUT2D eigenvalue weighted by Gasteiger charge is 2.42. The molecule has 2 amide bonds. The lowest BCUT2D eigenvalue weighted by atomic mass is 9.85. The van der Waals surface area contributed by atoms with Gasteiger partial charge < -0.3 is 20.0 Å². The van der Waals surface area contributed by atoms with Gasteiger partial charge in [-0.15, -0.1) is 0 Å². The van der Waals surface area contributed by atoms with Crippen molar-refractivity contribution in [2.75, 3.05) is 18.4 Å². The molecule has 2 aromatic rings. The number of nitrogens with one attached hydrogen (secondary N) is 2. The Morgan fingerprint density at radius 3 is 2.35 bits per heavy atom. The van der Waals surface area contributed by atoms with Crippen molar-refractivity contribution in [2.45, 2.75) is 38.3 Å². The van der Waals surface area contributed by atoms with Crippen LogP contribution in [-0.2, 0) is 4.79 Å². The molecule has 0 aliphatic carbocycles. The molecular formula is C20H25N3O3. The first kappa shape index (κ1) is 18.0. The van der Waals surface area contributed by atoms with E-state index in [-0.39, 0.29) is 17.9 Å². The maximum atomic E-state index is 12.9. The monoisotopic (exact) mass is 355 g/mol. The zero-order valence-corrected chi connectivity index (χ0v) is 15.2. The molecule has 0 radical (unpaired) electrons. The normalized spacial score (nSPS) is 16.3. The van der Waals surface area contributed by atoms with Crippen LogP contribution in [0.4, 0.5) is 5.69 Å². The third-order valence-electron chi connectivity index (χ3n) is 4.65. The molecule has 2 heterocycles. The van der Waals surface area contributed by atoms with Crippen molar-refractivity contribution in [3.63, 3.8) is 0 Å². The minimum Gasteiger partial charge on any atom is -0.459 e. The summed E-state index contributed by atoms with van der Waals surface area (Å²) in [5.74, 6) is 0.175. The largest absolute Gasteiger partial charge is 0.459 e. The zero-order chi connectivity index (χ0) is 18.6. The van der Waals surface area contributed by atoms with E-state index in [0.29, 0.717) is 31.7 Å². The average molecular weight is 355 g/mol. The van der Waals surface area contributed by atoms with E-state index < -0.39 is 5.54 Å². The average Bonchev–Trinajstić information content (AvgIpc) is 3.17. The third-order valence-corrected chi connectivity index (χ3v) is 4.65. The Hall–Kier alpha value is -2.76. The number of hydrogen-bond acceptors (Lipinski definition) is 4. The number of benzene rings is 1. The second-order valence-electron chi connectivity index (χ2n) is 6.97. The van der Waals surface area contributed by atoms with Crippen LogP contribution in [0, 0.1) is 0 Å².